The van der Waals surface area contributed by atoms with Crippen molar-refractivity contribution in [3.05, 3.63) is 54.2 Å². The molecule has 1 saturated heterocycles. The van der Waals surface area contributed by atoms with E-state index in [2.05, 4.69) is 44.7 Å². The van der Waals surface area contributed by atoms with Gasteiger partial charge in [-0.3, -0.25) is 5.43 Å². The number of likely N-dealkylation sites (N-methyl/N-ethyl adjacent to an activating group) is 1. The third-order valence-corrected chi connectivity index (χ3v) is 7.81. The van der Waals surface area contributed by atoms with Crippen LogP contribution >= 0.6 is 0 Å². The Labute approximate surface area is 178 Å². The smallest absolute Gasteiger partial charge is 0.244 e. The Kier molecular flexibility index (Phi) is 6.46. The van der Waals surface area contributed by atoms with Crippen LogP contribution in [0.25, 0.3) is 0 Å². The number of piperazine rings is 1. The van der Waals surface area contributed by atoms with Crippen molar-refractivity contribution in [1.82, 2.24) is 14.2 Å². The summed E-state index contributed by atoms with van der Waals surface area (Å²) >= 11 is 0. The van der Waals surface area contributed by atoms with E-state index in [4.69, 9.17) is 0 Å². The van der Waals surface area contributed by atoms with Crippen LogP contribution in [0.1, 0.15) is 37.2 Å². The highest BCUT2D eigenvalue weighted by Crippen LogP contribution is 2.31. The number of hydrogen-bond donors (Lipinski definition) is 1. The number of hydrazone groups is 1. The van der Waals surface area contributed by atoms with Crippen molar-refractivity contribution >= 4 is 21.6 Å². The average Bonchev–Trinajstić information content (AvgIpc) is 2.79. The van der Waals surface area contributed by atoms with Crippen molar-refractivity contribution in [2.24, 2.45) is 5.10 Å². The minimum Gasteiger partial charge on any atom is -0.304 e. The summed E-state index contributed by atoms with van der Waals surface area (Å²) in [6.45, 7) is 2.50. The molecule has 1 aromatic heterocycles. The molecule has 0 unspecified atom stereocenters. The second-order valence-electron chi connectivity index (χ2n) is 8.01. The lowest BCUT2D eigenvalue weighted by Crippen LogP contribution is -2.47. The standard InChI is InChI=1S/C22H29N5O2S/c1-26-13-15-27(16-14-26)30(28,29)19-11-12-22(23-17-19)25-24-21-10-6-5-9-20(21)18-7-3-2-4-8-18/h2-4,7-8,11-12,17,20H,5-6,9-10,13-16H2,1H3,(H,23,25)/t20-/m1/s1. The zero-order valence-electron chi connectivity index (χ0n) is 17.4. The van der Waals surface area contributed by atoms with Crippen LogP contribution in [0, 0.1) is 0 Å². The summed E-state index contributed by atoms with van der Waals surface area (Å²) in [5, 5.41) is 4.64. The van der Waals surface area contributed by atoms with Crippen molar-refractivity contribution in [2.45, 2.75) is 36.5 Å². The molecule has 4 rings (SSSR count). The molecule has 2 aliphatic rings. The van der Waals surface area contributed by atoms with E-state index in [0.29, 0.717) is 24.8 Å². The fourth-order valence-electron chi connectivity index (χ4n) is 4.08. The molecule has 1 N–H and O–H groups in total. The topological polar surface area (TPSA) is 77.9 Å². The molecule has 0 amide bonds. The molecule has 2 heterocycles. The zero-order valence-corrected chi connectivity index (χ0v) is 18.2. The monoisotopic (exact) mass is 427 g/mol. The maximum absolute atomic E-state index is 12.8. The maximum Gasteiger partial charge on any atom is 0.244 e. The van der Waals surface area contributed by atoms with Crippen LogP contribution in [0.2, 0.25) is 0 Å². The minimum atomic E-state index is -3.50. The SMILES string of the molecule is CN1CCN(S(=O)(=O)c2ccc(NN=C3CCCC[C@@H]3c3ccccc3)nc2)CC1. The molecule has 1 aromatic carbocycles. The van der Waals surface area contributed by atoms with E-state index in [9.17, 15) is 8.42 Å². The first-order chi connectivity index (χ1) is 14.5. The highest BCUT2D eigenvalue weighted by atomic mass is 32.2. The van der Waals surface area contributed by atoms with Crippen LogP contribution in [0.4, 0.5) is 5.82 Å². The summed E-state index contributed by atoms with van der Waals surface area (Å²) in [5.41, 5.74) is 5.46. The number of aromatic nitrogens is 1. The van der Waals surface area contributed by atoms with Gasteiger partial charge in [0.05, 0.1) is 0 Å². The number of pyridine rings is 1. The lowest BCUT2D eigenvalue weighted by atomic mass is 9.82. The van der Waals surface area contributed by atoms with E-state index in [0.717, 1.165) is 38.1 Å². The van der Waals surface area contributed by atoms with Crippen LogP contribution in [0.3, 0.4) is 0 Å². The Morgan fingerprint density at radius 1 is 1.03 bits per heavy atom. The number of sulfonamides is 1. The molecular formula is C22H29N5O2S. The first-order valence-corrected chi connectivity index (χ1v) is 12.0. The van der Waals surface area contributed by atoms with Gasteiger partial charge in [-0.25, -0.2) is 13.4 Å². The Morgan fingerprint density at radius 3 is 2.50 bits per heavy atom. The Balaban J connectivity index is 1.45. The van der Waals surface area contributed by atoms with Crippen molar-refractivity contribution in [3.63, 3.8) is 0 Å². The second kappa shape index (κ2) is 9.24. The van der Waals surface area contributed by atoms with Crippen molar-refractivity contribution in [3.8, 4) is 0 Å². The Hall–Kier alpha value is -2.29. The van der Waals surface area contributed by atoms with Crippen LogP contribution in [-0.4, -0.2) is 61.5 Å². The number of nitrogens with zero attached hydrogens (tertiary/aromatic N) is 4. The van der Waals surface area contributed by atoms with Gasteiger partial charge in [0, 0.05) is 44.0 Å². The Morgan fingerprint density at radius 2 is 1.80 bits per heavy atom. The first kappa shape index (κ1) is 21.0. The number of benzene rings is 1. The van der Waals surface area contributed by atoms with Gasteiger partial charge in [0.25, 0.3) is 0 Å². The van der Waals surface area contributed by atoms with E-state index in [1.165, 1.54) is 22.5 Å². The first-order valence-electron chi connectivity index (χ1n) is 10.6. The lowest BCUT2D eigenvalue weighted by Gasteiger charge is -2.31. The molecule has 0 radical (unpaired) electrons. The van der Waals surface area contributed by atoms with Gasteiger partial charge in [0.2, 0.25) is 10.0 Å². The largest absolute Gasteiger partial charge is 0.304 e. The van der Waals surface area contributed by atoms with Crippen LogP contribution in [-0.2, 0) is 10.0 Å². The molecule has 1 saturated carbocycles. The summed E-state index contributed by atoms with van der Waals surface area (Å²) < 4.78 is 27.2. The summed E-state index contributed by atoms with van der Waals surface area (Å²) in [4.78, 5) is 6.66. The highest BCUT2D eigenvalue weighted by molar-refractivity contribution is 7.89. The van der Waals surface area contributed by atoms with Crippen LogP contribution < -0.4 is 5.43 Å². The fourth-order valence-corrected chi connectivity index (χ4v) is 5.45. The van der Waals surface area contributed by atoms with Gasteiger partial charge in [-0.15, -0.1) is 0 Å². The van der Waals surface area contributed by atoms with Gasteiger partial charge in [0.15, 0.2) is 0 Å². The molecule has 1 aliphatic heterocycles. The molecule has 160 valence electrons. The average molecular weight is 428 g/mol. The van der Waals surface area contributed by atoms with E-state index in [1.54, 1.807) is 12.1 Å². The lowest BCUT2D eigenvalue weighted by molar-refractivity contribution is 0.222. The molecule has 0 spiro atoms. The number of hydrogen-bond acceptors (Lipinski definition) is 6. The van der Waals surface area contributed by atoms with E-state index in [1.807, 2.05) is 13.1 Å². The molecule has 8 heteroatoms. The predicted octanol–water partition coefficient (Wildman–Crippen LogP) is 3.14. The van der Waals surface area contributed by atoms with E-state index < -0.39 is 10.0 Å². The van der Waals surface area contributed by atoms with Gasteiger partial charge in [-0.05, 0) is 44.0 Å². The molecule has 2 aromatic rings. The molecule has 1 atom stereocenters. The highest BCUT2D eigenvalue weighted by Gasteiger charge is 2.27. The van der Waals surface area contributed by atoms with Gasteiger partial charge >= 0.3 is 0 Å². The molecular weight excluding hydrogens is 398 g/mol. The summed E-state index contributed by atoms with van der Waals surface area (Å²) in [7, 11) is -1.50. The summed E-state index contributed by atoms with van der Waals surface area (Å²) in [5.74, 6) is 0.876. The minimum absolute atomic E-state index is 0.227. The third kappa shape index (κ3) is 4.71. The number of nitrogens with one attached hydrogen (secondary N) is 1. The molecule has 2 fully saturated rings. The quantitative estimate of drug-likeness (QED) is 0.742. The van der Waals surface area contributed by atoms with Crippen molar-refractivity contribution < 1.29 is 8.42 Å². The van der Waals surface area contributed by atoms with Crippen LogP contribution in [0.5, 0.6) is 0 Å². The fraction of sp³-hybridized carbons (Fsp3) is 0.455. The second-order valence-corrected chi connectivity index (χ2v) is 9.95. The van der Waals surface area contributed by atoms with Crippen LogP contribution in [0.15, 0.2) is 58.7 Å². The van der Waals surface area contributed by atoms with Crippen molar-refractivity contribution in [1.29, 1.82) is 0 Å². The zero-order chi connectivity index (χ0) is 21.0. The summed E-state index contributed by atoms with van der Waals surface area (Å²) in [6, 6.07) is 13.8. The molecule has 7 nitrogen and oxygen atoms in total. The maximum atomic E-state index is 12.8. The predicted molar refractivity (Wildman–Crippen MR) is 119 cm³/mol. The van der Waals surface area contributed by atoms with Gasteiger partial charge in [-0.2, -0.15) is 9.41 Å². The molecule has 1 aliphatic carbocycles. The molecule has 0 bridgehead atoms. The Bertz CT molecular complexity index is 968. The van der Waals surface area contributed by atoms with E-state index >= 15 is 0 Å². The van der Waals surface area contributed by atoms with Gasteiger partial charge in [-0.1, -0.05) is 36.8 Å². The number of rotatable bonds is 5. The summed E-state index contributed by atoms with van der Waals surface area (Å²) in [6.07, 6.45) is 5.82. The van der Waals surface area contributed by atoms with Gasteiger partial charge < -0.3 is 4.90 Å². The molecule has 30 heavy (non-hydrogen) atoms. The third-order valence-electron chi connectivity index (χ3n) is 5.93. The van der Waals surface area contributed by atoms with Crippen molar-refractivity contribution in [2.75, 3.05) is 38.7 Å². The van der Waals surface area contributed by atoms with Gasteiger partial charge in [0.1, 0.15) is 10.7 Å². The van der Waals surface area contributed by atoms with E-state index in [-0.39, 0.29) is 4.90 Å². The normalized spacial score (nSPS) is 22.8. The number of anilines is 1.